The summed E-state index contributed by atoms with van der Waals surface area (Å²) in [5, 5.41) is 2.96. The van der Waals surface area contributed by atoms with Crippen molar-refractivity contribution in [3.05, 3.63) is 60.8 Å². The fourth-order valence-corrected chi connectivity index (χ4v) is 4.22. The molecule has 31 heavy (non-hydrogen) atoms. The van der Waals surface area contributed by atoms with E-state index in [1.165, 1.54) is 0 Å². The predicted octanol–water partition coefficient (Wildman–Crippen LogP) is 2.96. The van der Waals surface area contributed by atoms with Gasteiger partial charge in [0.25, 0.3) is 0 Å². The van der Waals surface area contributed by atoms with E-state index >= 15 is 0 Å². The fourth-order valence-electron chi connectivity index (χ4n) is 4.22. The molecule has 1 aliphatic carbocycles. The second-order valence-corrected chi connectivity index (χ2v) is 7.87. The molecule has 2 unspecified atom stereocenters. The lowest BCUT2D eigenvalue weighted by molar-refractivity contribution is -0.141. The van der Waals surface area contributed by atoms with Crippen LogP contribution in [0.4, 0.5) is 11.5 Å². The summed E-state index contributed by atoms with van der Waals surface area (Å²) in [7, 11) is 1.61. The van der Waals surface area contributed by atoms with Gasteiger partial charge in [-0.15, -0.1) is 0 Å². The van der Waals surface area contributed by atoms with E-state index in [1.807, 2.05) is 47.4 Å². The smallest absolute Gasteiger partial charge is 0.228 e. The number of hydrogen-bond acceptors (Lipinski definition) is 5. The molecule has 2 amide bonds. The summed E-state index contributed by atoms with van der Waals surface area (Å²) in [5.74, 6) is 0.932. The molecule has 2 aromatic rings. The van der Waals surface area contributed by atoms with Crippen LogP contribution in [0.15, 0.2) is 60.8 Å². The molecule has 1 fully saturated rings. The minimum Gasteiger partial charge on any atom is -0.497 e. The highest BCUT2D eigenvalue weighted by atomic mass is 16.5. The van der Waals surface area contributed by atoms with Crippen LogP contribution >= 0.6 is 0 Å². The van der Waals surface area contributed by atoms with E-state index in [4.69, 9.17) is 4.74 Å². The van der Waals surface area contributed by atoms with Crippen molar-refractivity contribution in [2.75, 3.05) is 43.5 Å². The van der Waals surface area contributed by atoms with Crippen molar-refractivity contribution in [2.24, 2.45) is 11.8 Å². The number of pyridine rings is 1. The molecule has 2 atom stereocenters. The molecule has 0 saturated carbocycles. The normalized spacial score (nSPS) is 20.9. The van der Waals surface area contributed by atoms with Crippen LogP contribution in [0.3, 0.4) is 0 Å². The van der Waals surface area contributed by atoms with Gasteiger partial charge < -0.3 is 19.9 Å². The Balaban J connectivity index is 1.38. The Labute approximate surface area is 182 Å². The SMILES string of the molecule is COc1ccc(NC(=O)C2CC=CCC2C(=O)N2CCN(c3ccccn3)CC2)cc1. The van der Waals surface area contributed by atoms with Crippen LogP contribution < -0.4 is 15.0 Å². The standard InChI is InChI=1S/C24H28N4O3/c1-31-19-11-9-18(10-12-19)26-23(29)20-6-2-3-7-21(20)24(30)28-16-14-27(15-17-28)22-8-4-5-13-25-22/h2-5,8-13,20-21H,6-7,14-17H2,1H3,(H,26,29). The van der Waals surface area contributed by atoms with E-state index < -0.39 is 0 Å². The minimum absolute atomic E-state index is 0.0694. The molecule has 2 heterocycles. The number of carbonyl (C=O) groups excluding carboxylic acids is 2. The van der Waals surface area contributed by atoms with Crippen LogP contribution in [0.25, 0.3) is 0 Å². The van der Waals surface area contributed by atoms with Gasteiger partial charge in [-0.25, -0.2) is 4.98 Å². The van der Waals surface area contributed by atoms with Gasteiger partial charge in [-0.2, -0.15) is 0 Å². The molecular weight excluding hydrogens is 392 g/mol. The van der Waals surface area contributed by atoms with Crippen LogP contribution in [0.5, 0.6) is 5.75 Å². The molecule has 1 saturated heterocycles. The highest BCUT2D eigenvalue weighted by Crippen LogP contribution is 2.29. The van der Waals surface area contributed by atoms with Gasteiger partial charge in [0.15, 0.2) is 0 Å². The number of piperazine rings is 1. The van der Waals surface area contributed by atoms with E-state index in [0.29, 0.717) is 31.6 Å². The van der Waals surface area contributed by atoms with Gasteiger partial charge in [0.1, 0.15) is 11.6 Å². The monoisotopic (exact) mass is 420 g/mol. The van der Waals surface area contributed by atoms with Crippen molar-refractivity contribution in [3.8, 4) is 5.75 Å². The Morgan fingerprint density at radius 3 is 2.32 bits per heavy atom. The summed E-state index contributed by atoms with van der Waals surface area (Å²) in [6, 6.07) is 13.1. The van der Waals surface area contributed by atoms with E-state index in [2.05, 4.69) is 15.2 Å². The second-order valence-electron chi connectivity index (χ2n) is 7.87. The lowest BCUT2D eigenvalue weighted by atomic mass is 9.81. The van der Waals surface area contributed by atoms with E-state index in [9.17, 15) is 9.59 Å². The van der Waals surface area contributed by atoms with Gasteiger partial charge in [-0.3, -0.25) is 9.59 Å². The van der Waals surface area contributed by atoms with E-state index in [-0.39, 0.29) is 23.7 Å². The zero-order chi connectivity index (χ0) is 21.6. The highest BCUT2D eigenvalue weighted by Gasteiger charge is 2.37. The van der Waals surface area contributed by atoms with Crippen molar-refractivity contribution < 1.29 is 14.3 Å². The number of rotatable bonds is 5. The lowest BCUT2D eigenvalue weighted by Gasteiger charge is -2.38. The average molecular weight is 421 g/mol. The molecule has 2 aliphatic rings. The van der Waals surface area contributed by atoms with Crippen molar-refractivity contribution in [1.82, 2.24) is 9.88 Å². The maximum absolute atomic E-state index is 13.3. The topological polar surface area (TPSA) is 74.8 Å². The van der Waals surface area contributed by atoms with Gasteiger partial charge in [0.05, 0.1) is 18.9 Å². The van der Waals surface area contributed by atoms with Crippen molar-refractivity contribution >= 4 is 23.3 Å². The van der Waals surface area contributed by atoms with E-state index in [1.54, 1.807) is 25.4 Å². The van der Waals surface area contributed by atoms with Gasteiger partial charge in [0, 0.05) is 38.1 Å². The molecule has 0 bridgehead atoms. The number of nitrogens with one attached hydrogen (secondary N) is 1. The number of allylic oxidation sites excluding steroid dienone is 2. The van der Waals surface area contributed by atoms with Gasteiger partial charge in [-0.05, 0) is 49.2 Å². The maximum atomic E-state index is 13.3. The maximum Gasteiger partial charge on any atom is 0.228 e. The highest BCUT2D eigenvalue weighted by molar-refractivity contribution is 5.96. The Bertz CT molecular complexity index is 922. The first-order chi connectivity index (χ1) is 15.2. The number of amides is 2. The number of hydrogen-bond donors (Lipinski definition) is 1. The summed E-state index contributed by atoms with van der Waals surface area (Å²) in [4.78, 5) is 34.8. The molecule has 7 heteroatoms. The average Bonchev–Trinajstić information content (AvgIpc) is 2.84. The molecule has 162 valence electrons. The van der Waals surface area contributed by atoms with Crippen LogP contribution in [-0.4, -0.2) is 55.0 Å². The van der Waals surface area contributed by atoms with Gasteiger partial charge in [0.2, 0.25) is 11.8 Å². The Hall–Kier alpha value is -3.35. The Morgan fingerprint density at radius 2 is 1.68 bits per heavy atom. The Morgan fingerprint density at radius 1 is 0.968 bits per heavy atom. The number of aromatic nitrogens is 1. The molecule has 1 aromatic carbocycles. The van der Waals surface area contributed by atoms with Gasteiger partial charge in [-0.1, -0.05) is 18.2 Å². The number of methoxy groups -OCH3 is 1. The summed E-state index contributed by atoms with van der Waals surface area (Å²) in [5.41, 5.74) is 0.704. The summed E-state index contributed by atoms with van der Waals surface area (Å²) in [6.07, 6.45) is 6.98. The van der Waals surface area contributed by atoms with Crippen LogP contribution in [0, 0.1) is 11.8 Å². The molecular formula is C24H28N4O3. The van der Waals surface area contributed by atoms with Crippen molar-refractivity contribution in [3.63, 3.8) is 0 Å². The number of ether oxygens (including phenoxy) is 1. The molecule has 1 aromatic heterocycles. The van der Waals surface area contributed by atoms with E-state index in [0.717, 1.165) is 24.7 Å². The van der Waals surface area contributed by atoms with Crippen LogP contribution in [0.1, 0.15) is 12.8 Å². The number of carbonyl (C=O) groups is 2. The first-order valence-corrected chi connectivity index (χ1v) is 10.7. The quantitative estimate of drug-likeness (QED) is 0.753. The lowest BCUT2D eigenvalue weighted by Crippen LogP contribution is -2.52. The third kappa shape index (κ3) is 4.87. The number of nitrogens with zero attached hydrogens (tertiary/aromatic N) is 3. The van der Waals surface area contributed by atoms with Gasteiger partial charge >= 0.3 is 0 Å². The van der Waals surface area contributed by atoms with Crippen LogP contribution in [0.2, 0.25) is 0 Å². The zero-order valence-electron chi connectivity index (χ0n) is 17.7. The predicted molar refractivity (Wildman–Crippen MR) is 120 cm³/mol. The first-order valence-electron chi connectivity index (χ1n) is 10.7. The number of anilines is 2. The number of benzene rings is 1. The molecule has 0 spiro atoms. The molecule has 4 rings (SSSR count). The third-order valence-corrected chi connectivity index (χ3v) is 6.01. The molecule has 1 N–H and O–H groups in total. The van der Waals surface area contributed by atoms with Crippen molar-refractivity contribution in [2.45, 2.75) is 12.8 Å². The van der Waals surface area contributed by atoms with Crippen LogP contribution in [-0.2, 0) is 9.59 Å². The molecule has 1 aliphatic heterocycles. The summed E-state index contributed by atoms with van der Waals surface area (Å²) >= 11 is 0. The Kier molecular flexibility index (Phi) is 6.50. The molecule has 0 radical (unpaired) electrons. The third-order valence-electron chi connectivity index (χ3n) is 6.01. The zero-order valence-corrected chi connectivity index (χ0v) is 17.7. The fraction of sp³-hybridized carbons (Fsp3) is 0.375. The summed E-state index contributed by atoms with van der Waals surface area (Å²) in [6.45, 7) is 2.77. The largest absolute Gasteiger partial charge is 0.497 e. The first kappa shape index (κ1) is 20.9. The van der Waals surface area contributed by atoms with Crippen molar-refractivity contribution in [1.29, 1.82) is 0 Å². The summed E-state index contributed by atoms with van der Waals surface area (Å²) < 4.78 is 5.16. The minimum atomic E-state index is -0.367. The molecule has 7 nitrogen and oxygen atoms in total. The second kappa shape index (κ2) is 9.64.